The lowest BCUT2D eigenvalue weighted by atomic mass is 10.0. The van der Waals surface area contributed by atoms with Crippen LogP contribution in [0.25, 0.3) is 10.2 Å². The van der Waals surface area contributed by atoms with Gasteiger partial charge in [-0.05, 0) is 57.6 Å². The van der Waals surface area contributed by atoms with Crippen molar-refractivity contribution in [3.63, 3.8) is 0 Å². The van der Waals surface area contributed by atoms with Crippen LogP contribution in [0.4, 0.5) is 5.69 Å². The SMILES string of the molecule is CCC(C)(C)NC(=O)c1sc2nc3c(cc2c1N)CCCCC3. The molecule has 5 heteroatoms. The number of fused-ring (bicyclic) bond motifs is 2. The third-order valence-electron chi connectivity index (χ3n) is 4.79. The minimum atomic E-state index is -0.232. The monoisotopic (exact) mass is 331 g/mol. The van der Waals surface area contributed by atoms with Crippen LogP contribution in [-0.2, 0) is 12.8 Å². The molecule has 3 N–H and O–H groups in total. The summed E-state index contributed by atoms with van der Waals surface area (Å²) in [6, 6.07) is 2.16. The topological polar surface area (TPSA) is 68.0 Å². The average Bonchev–Trinajstić information content (AvgIpc) is 2.69. The molecule has 3 rings (SSSR count). The molecule has 0 saturated carbocycles. The molecule has 23 heavy (non-hydrogen) atoms. The van der Waals surface area contributed by atoms with Gasteiger partial charge in [0.1, 0.15) is 9.71 Å². The van der Waals surface area contributed by atoms with Gasteiger partial charge in [0.05, 0.1) is 5.69 Å². The van der Waals surface area contributed by atoms with Gasteiger partial charge in [0, 0.05) is 16.6 Å². The zero-order valence-corrected chi connectivity index (χ0v) is 15.0. The standard InChI is InChI=1S/C18H25N3OS/c1-4-18(2,3)21-16(22)15-14(19)12-10-11-8-6-5-7-9-13(11)20-17(12)23-15/h10H,4-9,19H2,1-3H3,(H,21,22). The molecule has 2 aromatic rings. The van der Waals surface area contributed by atoms with Crippen molar-refractivity contribution in [3.8, 4) is 0 Å². The molecule has 0 saturated heterocycles. The number of nitrogens with zero attached hydrogens (tertiary/aromatic N) is 1. The Kier molecular flexibility index (Phi) is 4.32. The number of thiophene rings is 1. The number of pyridine rings is 1. The van der Waals surface area contributed by atoms with Crippen molar-refractivity contribution in [2.75, 3.05) is 5.73 Å². The summed E-state index contributed by atoms with van der Waals surface area (Å²) in [4.78, 5) is 18.9. The number of nitrogen functional groups attached to an aromatic ring is 1. The van der Waals surface area contributed by atoms with Crippen molar-refractivity contribution in [3.05, 3.63) is 22.2 Å². The Bertz CT molecular complexity index is 748. The van der Waals surface area contributed by atoms with Gasteiger partial charge >= 0.3 is 0 Å². The Morgan fingerprint density at radius 2 is 2.09 bits per heavy atom. The number of nitrogens with two attached hydrogens (primary N) is 1. The number of amides is 1. The van der Waals surface area contributed by atoms with Crippen molar-refractivity contribution in [1.82, 2.24) is 10.3 Å². The second-order valence-electron chi connectivity index (χ2n) is 7.04. The molecule has 2 aromatic heterocycles. The van der Waals surface area contributed by atoms with Crippen molar-refractivity contribution in [2.45, 2.75) is 64.8 Å². The van der Waals surface area contributed by atoms with E-state index in [1.165, 1.54) is 41.9 Å². The highest BCUT2D eigenvalue weighted by molar-refractivity contribution is 7.21. The van der Waals surface area contributed by atoms with Crippen LogP contribution in [0, 0.1) is 0 Å². The van der Waals surface area contributed by atoms with E-state index in [0.29, 0.717) is 10.6 Å². The number of anilines is 1. The van der Waals surface area contributed by atoms with E-state index in [0.717, 1.165) is 29.5 Å². The quantitative estimate of drug-likeness (QED) is 0.833. The van der Waals surface area contributed by atoms with Crippen molar-refractivity contribution < 1.29 is 4.79 Å². The summed E-state index contributed by atoms with van der Waals surface area (Å²) in [5.41, 5.74) is 9.13. The zero-order valence-electron chi connectivity index (χ0n) is 14.2. The summed E-state index contributed by atoms with van der Waals surface area (Å²) in [5.74, 6) is -0.0902. The van der Waals surface area contributed by atoms with Crippen LogP contribution >= 0.6 is 11.3 Å². The van der Waals surface area contributed by atoms with E-state index in [4.69, 9.17) is 10.7 Å². The molecular formula is C18H25N3OS. The first-order valence-electron chi connectivity index (χ1n) is 8.44. The first-order chi connectivity index (χ1) is 10.9. The van der Waals surface area contributed by atoms with Gasteiger partial charge in [-0.1, -0.05) is 13.3 Å². The largest absolute Gasteiger partial charge is 0.397 e. The van der Waals surface area contributed by atoms with Crippen LogP contribution in [-0.4, -0.2) is 16.4 Å². The number of hydrogen-bond donors (Lipinski definition) is 2. The number of hydrogen-bond acceptors (Lipinski definition) is 4. The molecule has 0 unspecified atom stereocenters. The van der Waals surface area contributed by atoms with Crippen LogP contribution in [0.1, 0.15) is 67.4 Å². The van der Waals surface area contributed by atoms with E-state index < -0.39 is 0 Å². The number of aromatic nitrogens is 1. The number of carbonyl (C=O) groups excluding carboxylic acids is 1. The van der Waals surface area contributed by atoms with Gasteiger partial charge in [-0.25, -0.2) is 4.98 Å². The van der Waals surface area contributed by atoms with E-state index in [1.807, 2.05) is 13.8 Å². The molecular weight excluding hydrogens is 306 g/mol. The molecule has 1 aliphatic rings. The molecule has 0 bridgehead atoms. The molecule has 1 aliphatic carbocycles. The average molecular weight is 331 g/mol. The number of nitrogens with one attached hydrogen (secondary N) is 1. The van der Waals surface area contributed by atoms with Gasteiger partial charge in [0.15, 0.2) is 0 Å². The van der Waals surface area contributed by atoms with Gasteiger partial charge in [-0.15, -0.1) is 11.3 Å². The third-order valence-corrected chi connectivity index (χ3v) is 5.91. The van der Waals surface area contributed by atoms with Gasteiger partial charge in [-0.3, -0.25) is 4.79 Å². The van der Waals surface area contributed by atoms with E-state index >= 15 is 0 Å². The fourth-order valence-corrected chi connectivity index (χ4v) is 3.95. The molecule has 0 aliphatic heterocycles. The van der Waals surface area contributed by atoms with Crippen molar-refractivity contribution in [2.24, 2.45) is 0 Å². The van der Waals surface area contributed by atoms with E-state index in [9.17, 15) is 4.79 Å². The molecule has 4 nitrogen and oxygen atoms in total. The maximum atomic E-state index is 12.6. The summed E-state index contributed by atoms with van der Waals surface area (Å²) < 4.78 is 0. The zero-order chi connectivity index (χ0) is 16.6. The highest BCUT2D eigenvalue weighted by Crippen LogP contribution is 2.35. The maximum Gasteiger partial charge on any atom is 0.263 e. The first-order valence-corrected chi connectivity index (χ1v) is 9.26. The highest BCUT2D eigenvalue weighted by Gasteiger charge is 2.24. The second kappa shape index (κ2) is 6.11. The van der Waals surface area contributed by atoms with Gasteiger partial charge in [0.25, 0.3) is 5.91 Å². The number of rotatable bonds is 3. The summed E-state index contributed by atoms with van der Waals surface area (Å²) in [5, 5.41) is 4.01. The summed E-state index contributed by atoms with van der Waals surface area (Å²) in [6.45, 7) is 6.11. The van der Waals surface area contributed by atoms with Crippen molar-refractivity contribution in [1.29, 1.82) is 0 Å². The van der Waals surface area contributed by atoms with Gasteiger partial charge in [0.2, 0.25) is 0 Å². The summed E-state index contributed by atoms with van der Waals surface area (Å²) >= 11 is 1.41. The lowest BCUT2D eigenvalue weighted by Crippen LogP contribution is -2.42. The van der Waals surface area contributed by atoms with Crippen molar-refractivity contribution >= 4 is 33.1 Å². The Balaban J connectivity index is 2.00. The minimum absolute atomic E-state index is 0.0902. The Morgan fingerprint density at radius 3 is 2.83 bits per heavy atom. The van der Waals surface area contributed by atoms with Crippen LogP contribution < -0.4 is 11.1 Å². The lowest BCUT2D eigenvalue weighted by Gasteiger charge is -2.24. The van der Waals surface area contributed by atoms with E-state index in [2.05, 4.69) is 18.3 Å². The minimum Gasteiger partial charge on any atom is -0.397 e. The third kappa shape index (κ3) is 3.20. The summed E-state index contributed by atoms with van der Waals surface area (Å²) in [6.07, 6.45) is 6.65. The van der Waals surface area contributed by atoms with Crippen LogP contribution in [0.2, 0.25) is 0 Å². The molecule has 0 aromatic carbocycles. The van der Waals surface area contributed by atoms with E-state index in [1.54, 1.807) is 0 Å². The molecule has 1 amide bonds. The fraction of sp³-hybridized carbons (Fsp3) is 0.556. The van der Waals surface area contributed by atoms with Gasteiger partial charge in [-0.2, -0.15) is 0 Å². The summed E-state index contributed by atoms with van der Waals surface area (Å²) in [7, 11) is 0. The highest BCUT2D eigenvalue weighted by atomic mass is 32.1. The Hall–Kier alpha value is -1.62. The predicted molar refractivity (Wildman–Crippen MR) is 97.1 cm³/mol. The number of carbonyl (C=O) groups is 1. The predicted octanol–water partition coefficient (Wildman–Crippen LogP) is 4.07. The normalized spacial score (nSPS) is 15.3. The molecule has 0 fully saturated rings. The smallest absolute Gasteiger partial charge is 0.263 e. The molecule has 0 radical (unpaired) electrons. The maximum absolute atomic E-state index is 12.6. The van der Waals surface area contributed by atoms with Crippen LogP contribution in [0.3, 0.4) is 0 Å². The lowest BCUT2D eigenvalue weighted by molar-refractivity contribution is 0.0916. The van der Waals surface area contributed by atoms with E-state index in [-0.39, 0.29) is 11.4 Å². The van der Waals surface area contributed by atoms with Crippen LogP contribution in [0.5, 0.6) is 0 Å². The Morgan fingerprint density at radius 1 is 1.35 bits per heavy atom. The fourth-order valence-electron chi connectivity index (χ4n) is 2.96. The molecule has 2 heterocycles. The Labute approximate surface area is 141 Å². The van der Waals surface area contributed by atoms with Gasteiger partial charge < -0.3 is 11.1 Å². The first kappa shape index (κ1) is 16.2. The van der Waals surface area contributed by atoms with Crippen LogP contribution in [0.15, 0.2) is 6.07 Å². The molecule has 124 valence electrons. The second-order valence-corrected chi connectivity index (χ2v) is 8.04. The molecule has 0 atom stereocenters. The molecule has 0 spiro atoms. The number of aryl methyl sites for hydroxylation is 2.